The summed E-state index contributed by atoms with van der Waals surface area (Å²) in [7, 11) is -2.21. The molecule has 26 heavy (non-hydrogen) atoms. The molecule has 0 bridgehead atoms. The lowest BCUT2D eigenvalue weighted by atomic mass is 10.1. The molecule has 0 fully saturated rings. The number of nitrogens with one attached hydrogen (secondary N) is 1. The third-order valence-electron chi connectivity index (χ3n) is 4.05. The monoisotopic (exact) mass is 402 g/mol. The van der Waals surface area contributed by atoms with Crippen LogP contribution in [-0.4, -0.2) is 20.8 Å². The Labute approximate surface area is 147 Å². The van der Waals surface area contributed by atoms with E-state index in [2.05, 4.69) is 0 Å². The normalized spacial score (nSPS) is 13.2. The number of carbonyl (C=O) groups excluding carboxylic acids is 1. The van der Waals surface area contributed by atoms with Crippen LogP contribution in [0.2, 0.25) is 18.6 Å². The van der Waals surface area contributed by atoms with Gasteiger partial charge < -0.3 is 15.5 Å². The molecule has 0 aromatic heterocycles. The Hall–Kier alpha value is -1.75. The zero-order valence-electron chi connectivity index (χ0n) is 14.6. The first-order chi connectivity index (χ1) is 11.6. The third kappa shape index (κ3) is 5.63. The molecule has 0 spiro atoms. The number of carbonyl (C=O) groups is 1. The van der Waals surface area contributed by atoms with Crippen molar-refractivity contribution in [1.29, 1.82) is 0 Å². The molecule has 0 radical (unpaired) electrons. The van der Waals surface area contributed by atoms with Gasteiger partial charge in [0.2, 0.25) is 5.91 Å². The van der Waals surface area contributed by atoms with Gasteiger partial charge in [-0.15, -0.1) is 0 Å². The van der Waals surface area contributed by atoms with Crippen LogP contribution in [0.1, 0.15) is 25.0 Å². The fourth-order valence-electron chi connectivity index (χ4n) is 1.76. The van der Waals surface area contributed by atoms with E-state index in [-0.39, 0.29) is 11.6 Å². The molecule has 0 heterocycles. The molecule has 148 valence electrons. The largest absolute Gasteiger partial charge is 0.418 e. The summed E-state index contributed by atoms with van der Waals surface area (Å²) in [6.07, 6.45) is -10.1. The smallest absolute Gasteiger partial charge is 0.408 e. The van der Waals surface area contributed by atoms with Gasteiger partial charge in [0, 0.05) is 0 Å². The maximum Gasteiger partial charge on any atom is 0.418 e. The molecule has 0 atom stereocenters. The molecule has 11 heteroatoms. The van der Waals surface area contributed by atoms with Crippen molar-refractivity contribution >= 4 is 25.6 Å². The summed E-state index contributed by atoms with van der Waals surface area (Å²) in [5.74, 6) is -0.884. The van der Waals surface area contributed by atoms with Gasteiger partial charge >= 0.3 is 12.4 Å². The van der Waals surface area contributed by atoms with Gasteiger partial charge in [-0.25, -0.2) is 0 Å². The number of benzene rings is 1. The minimum atomic E-state index is -5.10. The Morgan fingerprint density at radius 3 is 2.12 bits per heavy atom. The number of amides is 1. The van der Waals surface area contributed by atoms with Crippen LogP contribution in [0.5, 0.6) is 0 Å². The van der Waals surface area contributed by atoms with Crippen molar-refractivity contribution in [3.8, 4) is 0 Å². The van der Waals surface area contributed by atoms with Gasteiger partial charge in [-0.05, 0) is 30.8 Å². The second-order valence-electron chi connectivity index (χ2n) is 6.58. The Balaban J connectivity index is 3.14. The number of nitrogen functional groups attached to an aromatic ring is 1. The summed E-state index contributed by atoms with van der Waals surface area (Å²) in [5.41, 5.74) is 0.509. The lowest BCUT2D eigenvalue weighted by molar-refractivity contribution is -0.142. The standard InChI is InChI=1S/C15H20F6N2O2Si/c1-8(2)26(3,4)25-7-12(24)23-11-6-9(14(16,17)18)5-10(13(11)22)15(19,20)21/h5-6,8H,7,22H2,1-4H3,(H,23,24). The van der Waals surface area contributed by atoms with Crippen molar-refractivity contribution in [3.63, 3.8) is 0 Å². The van der Waals surface area contributed by atoms with Crippen molar-refractivity contribution in [2.24, 2.45) is 0 Å². The lowest BCUT2D eigenvalue weighted by Gasteiger charge is -2.26. The Morgan fingerprint density at radius 2 is 1.69 bits per heavy atom. The Kier molecular flexibility index (Phi) is 6.40. The average molecular weight is 402 g/mol. The van der Waals surface area contributed by atoms with E-state index in [0.717, 1.165) is 0 Å². The second-order valence-corrected chi connectivity index (χ2v) is 11.2. The predicted molar refractivity (Wildman–Crippen MR) is 88.0 cm³/mol. The number of nitrogens with two attached hydrogens (primary N) is 1. The van der Waals surface area contributed by atoms with Crippen LogP contribution in [0.4, 0.5) is 37.7 Å². The van der Waals surface area contributed by atoms with Gasteiger partial charge in [0.25, 0.3) is 0 Å². The van der Waals surface area contributed by atoms with Gasteiger partial charge in [0.1, 0.15) is 6.61 Å². The van der Waals surface area contributed by atoms with E-state index in [4.69, 9.17) is 10.2 Å². The molecule has 0 aliphatic carbocycles. The quantitative estimate of drug-likeness (QED) is 0.419. The van der Waals surface area contributed by atoms with Crippen LogP contribution in [0, 0.1) is 0 Å². The fraction of sp³-hybridized carbons (Fsp3) is 0.533. The van der Waals surface area contributed by atoms with Crippen molar-refractivity contribution < 1.29 is 35.6 Å². The van der Waals surface area contributed by atoms with Crippen LogP contribution in [0.25, 0.3) is 0 Å². The van der Waals surface area contributed by atoms with Crippen molar-refractivity contribution in [1.82, 2.24) is 0 Å². The highest BCUT2D eigenvalue weighted by Crippen LogP contribution is 2.42. The van der Waals surface area contributed by atoms with Crippen molar-refractivity contribution in [2.75, 3.05) is 17.7 Å². The number of rotatable bonds is 5. The molecule has 3 N–H and O–H groups in total. The zero-order valence-corrected chi connectivity index (χ0v) is 15.6. The summed E-state index contributed by atoms with van der Waals surface area (Å²) in [4.78, 5) is 11.9. The Morgan fingerprint density at radius 1 is 1.15 bits per heavy atom. The van der Waals surface area contributed by atoms with Gasteiger partial charge in [0.05, 0.1) is 22.5 Å². The topological polar surface area (TPSA) is 64.3 Å². The van der Waals surface area contributed by atoms with Gasteiger partial charge in [-0.3, -0.25) is 4.79 Å². The average Bonchev–Trinajstić information content (AvgIpc) is 2.44. The first kappa shape index (κ1) is 22.3. The van der Waals surface area contributed by atoms with Crippen molar-refractivity contribution in [2.45, 2.75) is 44.8 Å². The molecule has 0 aliphatic rings. The highest BCUT2D eigenvalue weighted by molar-refractivity contribution is 6.72. The number of hydrogen-bond donors (Lipinski definition) is 2. The first-order valence-corrected chi connectivity index (χ1v) is 10.6. The van der Waals surface area contributed by atoms with Crippen LogP contribution in [-0.2, 0) is 21.6 Å². The van der Waals surface area contributed by atoms with E-state index >= 15 is 0 Å². The maximum atomic E-state index is 12.9. The maximum absolute atomic E-state index is 12.9. The molecule has 0 unspecified atom stereocenters. The summed E-state index contributed by atoms with van der Waals surface area (Å²) in [5, 5.41) is 1.98. The van der Waals surface area contributed by atoms with Crippen molar-refractivity contribution in [3.05, 3.63) is 23.3 Å². The SMILES string of the molecule is CC(C)[Si](C)(C)OCC(=O)Nc1cc(C(F)(F)F)cc(C(F)(F)F)c1N. The molecule has 1 aromatic rings. The molecule has 0 saturated carbocycles. The van der Waals surface area contributed by atoms with Gasteiger partial charge in [-0.1, -0.05) is 13.8 Å². The fourth-order valence-corrected chi connectivity index (χ4v) is 2.60. The summed E-state index contributed by atoms with van der Waals surface area (Å²) in [6.45, 7) is 6.97. The summed E-state index contributed by atoms with van der Waals surface area (Å²) >= 11 is 0. The zero-order chi connectivity index (χ0) is 20.5. The predicted octanol–water partition coefficient (Wildman–Crippen LogP) is 4.88. The molecular formula is C15H20F6N2O2Si. The molecule has 4 nitrogen and oxygen atoms in total. The number of alkyl halides is 6. The van der Waals surface area contributed by atoms with E-state index in [1.54, 1.807) is 0 Å². The number of hydrogen-bond acceptors (Lipinski definition) is 3. The Bertz CT molecular complexity index is 671. The van der Waals surface area contributed by atoms with E-state index in [9.17, 15) is 31.1 Å². The minimum Gasteiger partial charge on any atom is -0.408 e. The van der Waals surface area contributed by atoms with Gasteiger partial charge in [-0.2, -0.15) is 26.3 Å². The molecule has 1 rings (SSSR count). The van der Waals surface area contributed by atoms with Crippen LogP contribution in [0.15, 0.2) is 12.1 Å². The van der Waals surface area contributed by atoms with E-state index in [0.29, 0.717) is 6.07 Å². The summed E-state index contributed by atoms with van der Waals surface area (Å²) < 4.78 is 82.9. The lowest BCUT2D eigenvalue weighted by Crippen LogP contribution is -2.37. The minimum absolute atomic E-state index is 0.0870. The van der Waals surface area contributed by atoms with Crippen LogP contribution in [0.3, 0.4) is 0 Å². The van der Waals surface area contributed by atoms with E-state index in [1.807, 2.05) is 32.3 Å². The molecular weight excluding hydrogens is 382 g/mol. The highest BCUT2D eigenvalue weighted by atomic mass is 28.4. The molecule has 0 aliphatic heterocycles. The van der Waals surface area contributed by atoms with Crippen LogP contribution >= 0.6 is 0 Å². The number of anilines is 2. The van der Waals surface area contributed by atoms with Crippen LogP contribution < -0.4 is 11.1 Å². The molecule has 1 aromatic carbocycles. The first-order valence-electron chi connectivity index (χ1n) is 7.57. The molecule has 1 amide bonds. The van der Waals surface area contributed by atoms with Gasteiger partial charge in [0.15, 0.2) is 8.32 Å². The highest BCUT2D eigenvalue weighted by Gasteiger charge is 2.39. The molecule has 0 saturated heterocycles. The second kappa shape index (κ2) is 7.47. The van der Waals surface area contributed by atoms with E-state index < -0.39 is 55.7 Å². The van der Waals surface area contributed by atoms with E-state index in [1.165, 1.54) is 0 Å². The summed E-state index contributed by atoms with van der Waals surface area (Å²) in [6, 6.07) is 0.282. The number of halogens is 6. The third-order valence-corrected chi connectivity index (χ3v) is 7.72.